The second kappa shape index (κ2) is 6.48. The fourth-order valence-corrected chi connectivity index (χ4v) is 3.26. The lowest BCUT2D eigenvalue weighted by molar-refractivity contribution is -0.384. The van der Waals surface area contributed by atoms with Crippen LogP contribution in [0.3, 0.4) is 0 Å². The number of H-pyrrole nitrogens is 1. The van der Waals surface area contributed by atoms with Gasteiger partial charge in [0.1, 0.15) is 17.8 Å². The summed E-state index contributed by atoms with van der Waals surface area (Å²) in [5.41, 5.74) is 1.97. The molecule has 1 fully saturated rings. The summed E-state index contributed by atoms with van der Waals surface area (Å²) in [6.45, 7) is 4.23. The molecule has 128 valence electrons. The maximum atomic E-state index is 10.9. The van der Waals surface area contributed by atoms with Gasteiger partial charge in [0.25, 0.3) is 5.69 Å². The van der Waals surface area contributed by atoms with Gasteiger partial charge in [-0.05, 0) is 11.6 Å². The van der Waals surface area contributed by atoms with E-state index in [9.17, 15) is 10.1 Å². The van der Waals surface area contributed by atoms with E-state index in [0.29, 0.717) is 0 Å². The van der Waals surface area contributed by atoms with Crippen LogP contribution in [0.4, 0.5) is 11.5 Å². The van der Waals surface area contributed by atoms with Gasteiger partial charge in [-0.3, -0.25) is 15.0 Å². The average molecular weight is 338 g/mol. The third-order valence-corrected chi connectivity index (χ3v) is 4.53. The molecule has 0 aliphatic carbocycles. The number of hydrogen-bond donors (Lipinski definition) is 1. The van der Waals surface area contributed by atoms with Crippen molar-refractivity contribution in [1.29, 1.82) is 0 Å². The van der Waals surface area contributed by atoms with Gasteiger partial charge < -0.3 is 9.88 Å². The van der Waals surface area contributed by atoms with Crippen molar-refractivity contribution in [1.82, 2.24) is 19.9 Å². The van der Waals surface area contributed by atoms with E-state index in [-0.39, 0.29) is 10.6 Å². The SMILES string of the molecule is O=[N+]([O-])c1cccc(CN2CCN(c3ncnc4[nH]ccc34)CC2)c1. The third kappa shape index (κ3) is 3.16. The minimum Gasteiger partial charge on any atom is -0.353 e. The number of nitro groups is 1. The first-order valence-corrected chi connectivity index (χ1v) is 8.19. The highest BCUT2D eigenvalue weighted by Crippen LogP contribution is 2.23. The van der Waals surface area contributed by atoms with Crippen LogP contribution in [0.5, 0.6) is 0 Å². The average Bonchev–Trinajstić information content (AvgIpc) is 3.11. The highest BCUT2D eigenvalue weighted by atomic mass is 16.6. The van der Waals surface area contributed by atoms with Gasteiger partial charge in [-0.25, -0.2) is 9.97 Å². The van der Waals surface area contributed by atoms with E-state index >= 15 is 0 Å². The predicted molar refractivity (Wildman–Crippen MR) is 94.5 cm³/mol. The van der Waals surface area contributed by atoms with Crippen molar-refractivity contribution in [3.63, 3.8) is 0 Å². The second-order valence-corrected chi connectivity index (χ2v) is 6.13. The summed E-state index contributed by atoms with van der Waals surface area (Å²) in [6.07, 6.45) is 3.46. The smallest absolute Gasteiger partial charge is 0.269 e. The highest BCUT2D eigenvalue weighted by molar-refractivity contribution is 5.87. The van der Waals surface area contributed by atoms with Crippen LogP contribution in [0.25, 0.3) is 11.0 Å². The fraction of sp³-hybridized carbons (Fsp3) is 0.294. The van der Waals surface area contributed by atoms with Crippen LogP contribution in [0.2, 0.25) is 0 Å². The van der Waals surface area contributed by atoms with Crippen molar-refractivity contribution in [2.75, 3.05) is 31.1 Å². The van der Waals surface area contributed by atoms with Gasteiger partial charge in [0, 0.05) is 51.1 Å². The molecule has 1 aromatic carbocycles. The highest BCUT2D eigenvalue weighted by Gasteiger charge is 2.20. The normalized spacial score (nSPS) is 15.6. The van der Waals surface area contributed by atoms with E-state index in [1.54, 1.807) is 18.5 Å². The number of anilines is 1. The molecule has 0 bridgehead atoms. The van der Waals surface area contributed by atoms with Crippen molar-refractivity contribution in [2.45, 2.75) is 6.54 Å². The minimum atomic E-state index is -0.349. The molecule has 8 heteroatoms. The van der Waals surface area contributed by atoms with Gasteiger partial charge in [0.05, 0.1) is 10.3 Å². The lowest BCUT2D eigenvalue weighted by Gasteiger charge is -2.35. The largest absolute Gasteiger partial charge is 0.353 e. The molecule has 0 spiro atoms. The van der Waals surface area contributed by atoms with E-state index in [1.165, 1.54) is 6.07 Å². The first kappa shape index (κ1) is 15.5. The zero-order valence-electron chi connectivity index (χ0n) is 13.6. The van der Waals surface area contributed by atoms with Crippen molar-refractivity contribution in [3.8, 4) is 0 Å². The number of benzene rings is 1. The molecule has 1 aliphatic heterocycles. The van der Waals surface area contributed by atoms with Crippen LogP contribution in [0.1, 0.15) is 5.56 Å². The van der Waals surface area contributed by atoms with E-state index in [0.717, 1.165) is 55.1 Å². The number of nitrogens with zero attached hydrogens (tertiary/aromatic N) is 5. The molecular formula is C17H18N6O2. The maximum Gasteiger partial charge on any atom is 0.269 e. The summed E-state index contributed by atoms with van der Waals surface area (Å²) in [7, 11) is 0. The standard InChI is InChI=1S/C17H18N6O2/c24-23(25)14-3-1-2-13(10-14)11-21-6-8-22(9-7-21)17-15-4-5-18-16(15)19-12-20-17/h1-5,10,12H,6-9,11H2,(H,18,19,20). The molecule has 0 amide bonds. The minimum absolute atomic E-state index is 0.145. The van der Waals surface area contributed by atoms with Gasteiger partial charge in [-0.2, -0.15) is 0 Å². The second-order valence-electron chi connectivity index (χ2n) is 6.13. The molecule has 1 saturated heterocycles. The number of hydrogen-bond acceptors (Lipinski definition) is 6. The van der Waals surface area contributed by atoms with Crippen LogP contribution < -0.4 is 4.90 Å². The Balaban J connectivity index is 1.42. The molecule has 3 aromatic rings. The van der Waals surface area contributed by atoms with Crippen molar-refractivity contribution < 1.29 is 4.92 Å². The lowest BCUT2D eigenvalue weighted by atomic mass is 10.1. The molecule has 1 N–H and O–H groups in total. The molecule has 0 radical (unpaired) electrons. The van der Waals surface area contributed by atoms with Gasteiger partial charge in [0.2, 0.25) is 0 Å². The summed E-state index contributed by atoms with van der Waals surface area (Å²) < 4.78 is 0. The molecule has 0 atom stereocenters. The summed E-state index contributed by atoms with van der Waals surface area (Å²) in [5.74, 6) is 0.959. The quantitative estimate of drug-likeness (QED) is 0.579. The van der Waals surface area contributed by atoms with E-state index < -0.39 is 0 Å². The number of piperazine rings is 1. The Hall–Kier alpha value is -3.00. The molecular weight excluding hydrogens is 320 g/mol. The molecule has 1 aliphatic rings. The van der Waals surface area contributed by atoms with Crippen molar-refractivity contribution in [2.24, 2.45) is 0 Å². The van der Waals surface area contributed by atoms with Crippen LogP contribution in [-0.2, 0) is 6.54 Å². The number of aromatic nitrogens is 3. The number of aromatic amines is 1. The van der Waals surface area contributed by atoms with E-state index in [1.807, 2.05) is 18.3 Å². The van der Waals surface area contributed by atoms with Crippen LogP contribution in [0.15, 0.2) is 42.9 Å². The Morgan fingerprint density at radius 2 is 2.00 bits per heavy atom. The van der Waals surface area contributed by atoms with Crippen LogP contribution in [0, 0.1) is 10.1 Å². The number of non-ortho nitro benzene ring substituents is 1. The Bertz CT molecular complexity index is 901. The zero-order chi connectivity index (χ0) is 17.2. The first-order valence-electron chi connectivity index (χ1n) is 8.19. The van der Waals surface area contributed by atoms with Gasteiger partial charge in [-0.1, -0.05) is 12.1 Å². The van der Waals surface area contributed by atoms with Crippen LogP contribution >= 0.6 is 0 Å². The Kier molecular flexibility index (Phi) is 4.02. The molecule has 3 heterocycles. The monoisotopic (exact) mass is 338 g/mol. The Morgan fingerprint density at radius 3 is 2.80 bits per heavy atom. The van der Waals surface area contributed by atoms with Gasteiger partial charge in [-0.15, -0.1) is 0 Å². The number of rotatable bonds is 4. The van der Waals surface area contributed by atoms with Crippen molar-refractivity contribution in [3.05, 3.63) is 58.5 Å². The number of nitrogens with one attached hydrogen (secondary N) is 1. The summed E-state index contributed by atoms with van der Waals surface area (Å²) in [5, 5.41) is 11.9. The first-order chi connectivity index (χ1) is 12.2. The third-order valence-electron chi connectivity index (χ3n) is 4.53. The number of nitro benzene ring substituents is 1. The summed E-state index contributed by atoms with van der Waals surface area (Å²) >= 11 is 0. The van der Waals surface area contributed by atoms with Crippen LogP contribution in [-0.4, -0.2) is 51.0 Å². The van der Waals surface area contributed by atoms with E-state index in [4.69, 9.17) is 0 Å². The predicted octanol–water partition coefficient (Wildman–Crippen LogP) is 2.19. The Labute approximate surface area is 144 Å². The molecule has 0 saturated carbocycles. The summed E-state index contributed by atoms with van der Waals surface area (Å²) in [6, 6.07) is 8.86. The molecule has 25 heavy (non-hydrogen) atoms. The topological polar surface area (TPSA) is 91.2 Å². The van der Waals surface area contributed by atoms with Crippen molar-refractivity contribution >= 4 is 22.5 Å². The van der Waals surface area contributed by atoms with E-state index in [2.05, 4.69) is 24.8 Å². The van der Waals surface area contributed by atoms with Gasteiger partial charge >= 0.3 is 0 Å². The summed E-state index contributed by atoms with van der Waals surface area (Å²) in [4.78, 5) is 26.9. The zero-order valence-corrected chi connectivity index (χ0v) is 13.6. The molecule has 4 rings (SSSR count). The molecule has 0 unspecified atom stereocenters. The Morgan fingerprint density at radius 1 is 1.16 bits per heavy atom. The molecule has 2 aromatic heterocycles. The maximum absolute atomic E-state index is 10.9. The number of fused-ring (bicyclic) bond motifs is 1. The fourth-order valence-electron chi connectivity index (χ4n) is 3.26. The lowest BCUT2D eigenvalue weighted by Crippen LogP contribution is -2.46. The molecule has 8 nitrogen and oxygen atoms in total. The van der Waals surface area contributed by atoms with Gasteiger partial charge in [0.15, 0.2) is 0 Å².